The average molecular weight is 357 g/mol. The zero-order valence-corrected chi connectivity index (χ0v) is 14.8. The van der Waals surface area contributed by atoms with Gasteiger partial charge in [0.1, 0.15) is 0 Å². The number of nitrogens with zero attached hydrogens (tertiary/aromatic N) is 1. The van der Waals surface area contributed by atoms with Crippen LogP contribution in [0.25, 0.3) is 6.08 Å². The molecule has 2 aromatic rings. The largest absolute Gasteiger partial charge is 0.338 e. The topological polar surface area (TPSA) is 32.3 Å². The summed E-state index contributed by atoms with van der Waals surface area (Å²) in [5.41, 5.74) is 0.279. The minimum Gasteiger partial charge on any atom is -0.338 e. The first kappa shape index (κ1) is 16.2. The van der Waals surface area contributed by atoms with Crippen LogP contribution in [0.5, 0.6) is 0 Å². The third-order valence-corrected chi connectivity index (χ3v) is 5.20. The SMILES string of the molecule is CC1(C)CN2c3ccc(Cl)cc3C=C(F)C2(c2ccccc2)NC1=O. The number of rotatable bonds is 1. The van der Waals surface area contributed by atoms with Gasteiger partial charge in [0.2, 0.25) is 5.91 Å². The molecule has 25 heavy (non-hydrogen) atoms. The summed E-state index contributed by atoms with van der Waals surface area (Å²) in [5, 5.41) is 3.51. The molecule has 0 spiro atoms. The molecule has 0 aliphatic carbocycles. The zero-order valence-electron chi connectivity index (χ0n) is 14.0. The fourth-order valence-corrected chi connectivity index (χ4v) is 3.79. The number of carbonyl (C=O) groups is 1. The Balaban J connectivity index is 2.00. The number of halogens is 2. The Morgan fingerprint density at radius 2 is 1.88 bits per heavy atom. The molecule has 3 nitrogen and oxygen atoms in total. The van der Waals surface area contributed by atoms with Gasteiger partial charge in [-0.2, -0.15) is 0 Å². The van der Waals surface area contributed by atoms with E-state index in [1.165, 1.54) is 6.08 Å². The lowest BCUT2D eigenvalue weighted by Crippen LogP contribution is -2.69. The van der Waals surface area contributed by atoms with Crippen molar-refractivity contribution in [1.82, 2.24) is 5.32 Å². The Kier molecular flexibility index (Phi) is 3.45. The lowest BCUT2D eigenvalue weighted by molar-refractivity contribution is -0.133. The number of benzene rings is 2. The van der Waals surface area contributed by atoms with E-state index in [1.807, 2.05) is 55.1 Å². The second-order valence-corrected chi connectivity index (χ2v) is 7.63. The Morgan fingerprint density at radius 1 is 1.16 bits per heavy atom. The van der Waals surface area contributed by atoms with Crippen LogP contribution in [-0.4, -0.2) is 12.5 Å². The molecule has 2 aromatic carbocycles. The zero-order chi connectivity index (χ0) is 17.8. The van der Waals surface area contributed by atoms with Crippen LogP contribution in [0, 0.1) is 5.41 Å². The molecule has 0 radical (unpaired) electrons. The number of amides is 1. The van der Waals surface area contributed by atoms with Crippen LogP contribution in [-0.2, 0) is 10.5 Å². The average Bonchev–Trinajstić information content (AvgIpc) is 2.57. The number of hydrogen-bond acceptors (Lipinski definition) is 2. The van der Waals surface area contributed by atoms with Crippen molar-refractivity contribution in [2.45, 2.75) is 19.5 Å². The van der Waals surface area contributed by atoms with Crippen LogP contribution in [0.2, 0.25) is 5.02 Å². The highest BCUT2D eigenvalue weighted by Crippen LogP contribution is 2.48. The minimum absolute atomic E-state index is 0.173. The van der Waals surface area contributed by atoms with Gasteiger partial charge in [-0.3, -0.25) is 4.79 Å². The number of anilines is 1. The molecule has 1 atom stereocenters. The fourth-order valence-electron chi connectivity index (χ4n) is 3.61. The smallest absolute Gasteiger partial charge is 0.229 e. The molecular weight excluding hydrogens is 339 g/mol. The minimum atomic E-state index is -1.32. The molecular formula is C20H18ClFN2O. The molecule has 1 saturated heterocycles. The standard InChI is InChI=1S/C20H18ClFN2O/c1-19(2)12-24-16-9-8-15(21)10-13(16)11-17(22)20(24,23-18(19)25)14-6-4-3-5-7-14/h3-11H,12H2,1-2H3,(H,23,25). The van der Waals surface area contributed by atoms with E-state index < -0.39 is 16.9 Å². The maximum absolute atomic E-state index is 15.5. The molecule has 4 rings (SSSR count). The Labute approximate surface area is 151 Å². The van der Waals surface area contributed by atoms with Gasteiger partial charge in [0.15, 0.2) is 11.5 Å². The number of hydrogen-bond donors (Lipinski definition) is 1. The van der Waals surface area contributed by atoms with Gasteiger partial charge < -0.3 is 10.2 Å². The van der Waals surface area contributed by atoms with Crippen molar-refractivity contribution in [1.29, 1.82) is 0 Å². The Bertz CT molecular complexity index is 894. The number of nitrogens with one attached hydrogen (secondary N) is 1. The molecule has 2 aliphatic heterocycles. The summed E-state index contributed by atoms with van der Waals surface area (Å²) in [7, 11) is 0. The van der Waals surface area contributed by atoms with E-state index >= 15 is 4.39 Å². The van der Waals surface area contributed by atoms with Gasteiger partial charge in [-0.25, -0.2) is 4.39 Å². The van der Waals surface area contributed by atoms with Crippen molar-refractivity contribution in [3.05, 3.63) is 70.5 Å². The molecule has 2 aliphatic rings. The van der Waals surface area contributed by atoms with Crippen LogP contribution < -0.4 is 10.2 Å². The summed E-state index contributed by atoms with van der Waals surface area (Å²) in [6.07, 6.45) is 1.46. The first-order chi connectivity index (χ1) is 11.8. The van der Waals surface area contributed by atoms with Gasteiger partial charge in [0, 0.05) is 28.4 Å². The first-order valence-electron chi connectivity index (χ1n) is 8.18. The summed E-state index contributed by atoms with van der Waals surface area (Å²) in [4.78, 5) is 14.6. The predicted octanol–water partition coefficient (Wildman–Crippen LogP) is 4.48. The van der Waals surface area contributed by atoms with Crippen LogP contribution in [0.4, 0.5) is 10.1 Å². The van der Waals surface area contributed by atoms with Gasteiger partial charge in [-0.15, -0.1) is 0 Å². The van der Waals surface area contributed by atoms with E-state index in [9.17, 15) is 4.79 Å². The summed E-state index contributed by atoms with van der Waals surface area (Å²) < 4.78 is 15.5. The predicted molar refractivity (Wildman–Crippen MR) is 97.9 cm³/mol. The third kappa shape index (κ3) is 2.28. The maximum Gasteiger partial charge on any atom is 0.229 e. The highest BCUT2D eigenvalue weighted by Gasteiger charge is 2.54. The lowest BCUT2D eigenvalue weighted by atomic mass is 9.80. The quantitative estimate of drug-likeness (QED) is 0.817. The monoisotopic (exact) mass is 356 g/mol. The molecule has 0 aromatic heterocycles. The molecule has 5 heteroatoms. The number of fused-ring (bicyclic) bond motifs is 3. The molecule has 128 valence electrons. The summed E-state index contributed by atoms with van der Waals surface area (Å²) in [5.74, 6) is -0.592. The van der Waals surface area contributed by atoms with Gasteiger partial charge in [-0.05, 0) is 38.1 Å². The van der Waals surface area contributed by atoms with Gasteiger partial charge in [-0.1, -0.05) is 41.9 Å². The van der Waals surface area contributed by atoms with Crippen LogP contribution >= 0.6 is 11.6 Å². The summed E-state index contributed by atoms with van der Waals surface area (Å²) >= 11 is 6.09. The highest BCUT2D eigenvalue weighted by atomic mass is 35.5. The van der Waals surface area contributed by atoms with E-state index in [2.05, 4.69) is 5.32 Å². The normalized spacial score (nSPS) is 24.1. The van der Waals surface area contributed by atoms with Crippen molar-refractivity contribution in [2.24, 2.45) is 5.41 Å². The van der Waals surface area contributed by atoms with Crippen LogP contribution in [0.3, 0.4) is 0 Å². The molecule has 0 saturated carbocycles. The van der Waals surface area contributed by atoms with Crippen LogP contribution in [0.1, 0.15) is 25.0 Å². The number of carbonyl (C=O) groups excluding carboxylic acids is 1. The maximum atomic E-state index is 15.5. The van der Waals surface area contributed by atoms with Gasteiger partial charge in [0.25, 0.3) is 0 Å². The van der Waals surface area contributed by atoms with Crippen molar-refractivity contribution in [3.63, 3.8) is 0 Å². The summed E-state index contributed by atoms with van der Waals surface area (Å²) in [6.45, 7) is 4.12. The molecule has 1 fully saturated rings. The first-order valence-corrected chi connectivity index (χ1v) is 8.55. The molecule has 2 heterocycles. The van der Waals surface area contributed by atoms with Gasteiger partial charge >= 0.3 is 0 Å². The van der Waals surface area contributed by atoms with E-state index in [0.717, 1.165) is 5.69 Å². The fraction of sp³-hybridized carbons (Fsp3) is 0.250. The molecule has 1 unspecified atom stereocenters. The second-order valence-electron chi connectivity index (χ2n) is 7.20. The summed E-state index contributed by atoms with van der Waals surface area (Å²) in [6, 6.07) is 14.6. The van der Waals surface area contributed by atoms with E-state index in [4.69, 9.17) is 11.6 Å². The second kappa shape index (κ2) is 5.33. The molecule has 1 amide bonds. The van der Waals surface area contributed by atoms with E-state index in [1.54, 1.807) is 12.1 Å². The van der Waals surface area contributed by atoms with Crippen molar-refractivity contribution in [2.75, 3.05) is 11.4 Å². The molecule has 0 bridgehead atoms. The molecule has 1 N–H and O–H groups in total. The van der Waals surface area contributed by atoms with Crippen molar-refractivity contribution < 1.29 is 9.18 Å². The third-order valence-electron chi connectivity index (χ3n) is 4.97. The van der Waals surface area contributed by atoms with E-state index in [-0.39, 0.29) is 5.91 Å². The van der Waals surface area contributed by atoms with Crippen molar-refractivity contribution in [3.8, 4) is 0 Å². The Hall–Kier alpha value is -2.33. The van der Waals surface area contributed by atoms with Crippen LogP contribution in [0.15, 0.2) is 54.4 Å². The van der Waals surface area contributed by atoms with Gasteiger partial charge in [0.05, 0.1) is 5.41 Å². The highest BCUT2D eigenvalue weighted by molar-refractivity contribution is 6.30. The van der Waals surface area contributed by atoms with Crippen molar-refractivity contribution >= 4 is 29.3 Å². The lowest BCUT2D eigenvalue weighted by Gasteiger charge is -2.54. The Morgan fingerprint density at radius 3 is 2.60 bits per heavy atom. The van der Waals surface area contributed by atoms with E-state index in [0.29, 0.717) is 22.7 Å².